The lowest BCUT2D eigenvalue weighted by Crippen LogP contribution is -2.04. The molecule has 5 aromatic carbocycles. The Morgan fingerprint density at radius 1 is 0.312 bits per heavy atom. The van der Waals surface area contributed by atoms with Crippen LogP contribution in [0.15, 0.2) is 176 Å². The van der Waals surface area contributed by atoms with Crippen LogP contribution in [0, 0.1) is 0 Å². The molecular formula is C30H25S2+. The summed E-state index contributed by atoms with van der Waals surface area (Å²) in [6.07, 6.45) is 0. The molecule has 0 aliphatic heterocycles. The summed E-state index contributed by atoms with van der Waals surface area (Å²) in [5.41, 5.74) is 0. The first-order chi connectivity index (χ1) is 15.9. The summed E-state index contributed by atoms with van der Waals surface area (Å²) in [5.74, 6) is 0. The van der Waals surface area contributed by atoms with Crippen molar-refractivity contribution in [3.8, 4) is 0 Å². The molecule has 0 aliphatic carbocycles. The highest BCUT2D eigenvalue weighted by Crippen LogP contribution is 2.30. The van der Waals surface area contributed by atoms with Crippen LogP contribution >= 0.6 is 11.8 Å². The van der Waals surface area contributed by atoms with Crippen LogP contribution in [0.25, 0.3) is 0 Å². The van der Waals surface area contributed by atoms with E-state index in [2.05, 4.69) is 140 Å². The van der Waals surface area contributed by atoms with Crippen molar-refractivity contribution in [1.82, 2.24) is 0 Å². The Balaban J connectivity index is 0.000000165. The van der Waals surface area contributed by atoms with Crippen LogP contribution < -0.4 is 0 Å². The zero-order valence-electron chi connectivity index (χ0n) is 17.8. The Bertz CT molecular complexity index is 1030. The molecule has 0 bridgehead atoms. The molecule has 0 heterocycles. The molecule has 0 spiro atoms. The second-order valence-electron chi connectivity index (χ2n) is 6.97. The minimum atomic E-state index is -0.0146. The summed E-state index contributed by atoms with van der Waals surface area (Å²) in [5, 5.41) is 0. The van der Waals surface area contributed by atoms with Gasteiger partial charge in [-0.3, -0.25) is 0 Å². The highest BCUT2D eigenvalue weighted by molar-refractivity contribution is 7.99. The Morgan fingerprint density at radius 2 is 0.562 bits per heavy atom. The van der Waals surface area contributed by atoms with Crippen molar-refractivity contribution in [3.63, 3.8) is 0 Å². The van der Waals surface area contributed by atoms with Gasteiger partial charge in [-0.1, -0.05) is 103 Å². The fourth-order valence-corrected chi connectivity index (χ4v) is 6.15. The minimum absolute atomic E-state index is 0.0146. The van der Waals surface area contributed by atoms with Crippen LogP contribution in [0.3, 0.4) is 0 Å². The maximum Gasteiger partial charge on any atom is 0.166 e. The first kappa shape index (κ1) is 22.0. The molecule has 0 saturated heterocycles. The molecule has 5 aromatic rings. The van der Waals surface area contributed by atoms with E-state index in [-0.39, 0.29) is 10.9 Å². The minimum Gasteiger partial charge on any atom is -0.0901 e. The van der Waals surface area contributed by atoms with Gasteiger partial charge in [-0.05, 0) is 60.7 Å². The van der Waals surface area contributed by atoms with Gasteiger partial charge in [0.05, 0.1) is 10.9 Å². The molecule has 156 valence electrons. The first-order valence-corrected chi connectivity index (χ1v) is 12.6. The van der Waals surface area contributed by atoms with Crippen molar-refractivity contribution in [2.75, 3.05) is 0 Å². The van der Waals surface area contributed by atoms with E-state index in [0.717, 1.165) is 0 Å². The van der Waals surface area contributed by atoms with Gasteiger partial charge in [-0.25, -0.2) is 0 Å². The smallest absolute Gasteiger partial charge is 0.0901 e. The number of hydrogen-bond donors (Lipinski definition) is 0. The molecule has 0 N–H and O–H groups in total. The predicted octanol–water partition coefficient (Wildman–Crippen LogP) is 8.62. The van der Waals surface area contributed by atoms with E-state index in [1.165, 1.54) is 24.5 Å². The summed E-state index contributed by atoms with van der Waals surface area (Å²) in [6, 6.07) is 53.0. The molecule has 0 unspecified atom stereocenters. The zero-order chi connectivity index (χ0) is 21.8. The lowest BCUT2D eigenvalue weighted by molar-refractivity contribution is 1.32. The molecule has 0 saturated carbocycles. The van der Waals surface area contributed by atoms with Crippen LogP contribution in [-0.4, -0.2) is 0 Å². The maximum atomic E-state index is 2.21. The second-order valence-corrected chi connectivity index (χ2v) is 10.1. The van der Waals surface area contributed by atoms with Gasteiger partial charge in [0.2, 0.25) is 0 Å². The molecule has 0 atom stereocenters. The molecule has 0 nitrogen and oxygen atoms in total. The summed E-state index contributed by atoms with van der Waals surface area (Å²) in [7, 11) is -0.0146. The summed E-state index contributed by atoms with van der Waals surface area (Å²) in [6.45, 7) is 0. The van der Waals surface area contributed by atoms with E-state index in [1.807, 2.05) is 12.1 Å². The number of benzene rings is 5. The molecule has 0 radical (unpaired) electrons. The maximum absolute atomic E-state index is 2.21. The second kappa shape index (κ2) is 12.0. The normalized spacial score (nSPS) is 10.3. The standard InChI is InChI=1S/C18H15S.C12H10S/c1-4-10-16(11-5-1)19(17-12-6-2-7-13-17)18-14-8-3-9-15-18;1-3-7-11(8-4-1)13-12-9-5-2-6-10-12/h1-15H;1-10H/q+1;. The molecule has 0 amide bonds. The fourth-order valence-electron chi connectivity index (χ4n) is 3.19. The third-order valence-electron chi connectivity index (χ3n) is 4.66. The number of hydrogen-bond acceptors (Lipinski definition) is 1. The van der Waals surface area contributed by atoms with Gasteiger partial charge in [0.1, 0.15) is 0 Å². The first-order valence-electron chi connectivity index (χ1n) is 10.6. The quantitative estimate of drug-likeness (QED) is 0.242. The summed E-state index contributed by atoms with van der Waals surface area (Å²) in [4.78, 5) is 6.65. The SMILES string of the molecule is c1ccc(Sc2ccccc2)cc1.c1ccc([S+](c2ccccc2)c2ccccc2)cc1. The highest BCUT2D eigenvalue weighted by Gasteiger charge is 2.27. The Labute approximate surface area is 198 Å². The predicted molar refractivity (Wildman–Crippen MR) is 138 cm³/mol. The Hall–Kier alpha value is -3.20. The van der Waals surface area contributed by atoms with E-state index in [0.29, 0.717) is 0 Å². The van der Waals surface area contributed by atoms with E-state index >= 15 is 0 Å². The molecular weight excluding hydrogens is 424 g/mol. The van der Waals surface area contributed by atoms with E-state index in [9.17, 15) is 0 Å². The van der Waals surface area contributed by atoms with Gasteiger partial charge in [-0.15, -0.1) is 0 Å². The van der Waals surface area contributed by atoms with Crippen LogP contribution in [0.1, 0.15) is 0 Å². The van der Waals surface area contributed by atoms with E-state index in [4.69, 9.17) is 0 Å². The zero-order valence-corrected chi connectivity index (χ0v) is 19.4. The summed E-state index contributed by atoms with van der Waals surface area (Å²) < 4.78 is 0. The van der Waals surface area contributed by atoms with Crippen molar-refractivity contribution in [3.05, 3.63) is 152 Å². The van der Waals surface area contributed by atoms with Gasteiger partial charge < -0.3 is 0 Å². The molecule has 0 fully saturated rings. The van der Waals surface area contributed by atoms with Crippen LogP contribution in [0.5, 0.6) is 0 Å². The third-order valence-corrected chi connectivity index (χ3v) is 7.91. The van der Waals surface area contributed by atoms with Crippen LogP contribution in [0.2, 0.25) is 0 Å². The van der Waals surface area contributed by atoms with Gasteiger partial charge in [0, 0.05) is 9.79 Å². The topological polar surface area (TPSA) is 0 Å². The van der Waals surface area contributed by atoms with E-state index in [1.54, 1.807) is 11.8 Å². The van der Waals surface area contributed by atoms with Crippen LogP contribution in [-0.2, 0) is 10.9 Å². The van der Waals surface area contributed by atoms with Gasteiger partial charge in [0.15, 0.2) is 14.7 Å². The monoisotopic (exact) mass is 449 g/mol. The van der Waals surface area contributed by atoms with Crippen molar-refractivity contribution in [1.29, 1.82) is 0 Å². The molecule has 0 aromatic heterocycles. The third kappa shape index (κ3) is 6.40. The lowest BCUT2D eigenvalue weighted by Gasteiger charge is -2.07. The fraction of sp³-hybridized carbons (Fsp3) is 0. The average molecular weight is 450 g/mol. The van der Waals surface area contributed by atoms with Crippen LogP contribution in [0.4, 0.5) is 0 Å². The molecule has 0 aliphatic rings. The number of rotatable bonds is 5. The van der Waals surface area contributed by atoms with Gasteiger partial charge in [-0.2, -0.15) is 0 Å². The molecule has 2 heteroatoms. The molecule has 32 heavy (non-hydrogen) atoms. The van der Waals surface area contributed by atoms with Crippen molar-refractivity contribution in [2.45, 2.75) is 24.5 Å². The molecule has 5 rings (SSSR count). The average Bonchev–Trinajstić information content (AvgIpc) is 2.88. The van der Waals surface area contributed by atoms with Gasteiger partial charge in [0.25, 0.3) is 0 Å². The van der Waals surface area contributed by atoms with Crippen molar-refractivity contribution >= 4 is 22.7 Å². The summed E-state index contributed by atoms with van der Waals surface area (Å²) >= 11 is 1.79. The van der Waals surface area contributed by atoms with Crippen molar-refractivity contribution in [2.24, 2.45) is 0 Å². The Morgan fingerprint density at radius 3 is 0.844 bits per heavy atom. The lowest BCUT2D eigenvalue weighted by atomic mass is 10.4. The van der Waals surface area contributed by atoms with E-state index < -0.39 is 0 Å². The van der Waals surface area contributed by atoms with Gasteiger partial charge >= 0.3 is 0 Å². The largest absolute Gasteiger partial charge is 0.166 e. The highest BCUT2D eigenvalue weighted by atomic mass is 32.2. The van der Waals surface area contributed by atoms with Crippen molar-refractivity contribution < 1.29 is 0 Å². The Kier molecular flexibility index (Phi) is 8.25.